The number of carbonyl (C=O) groups is 1. The van der Waals surface area contributed by atoms with Crippen LogP contribution in [0, 0.1) is 5.82 Å². The van der Waals surface area contributed by atoms with Crippen molar-refractivity contribution in [3.63, 3.8) is 0 Å². The molecule has 0 aliphatic heterocycles. The molecule has 1 aromatic carbocycles. The molecule has 0 fully saturated rings. The second-order valence-corrected chi connectivity index (χ2v) is 4.20. The van der Waals surface area contributed by atoms with Crippen molar-refractivity contribution < 1.29 is 13.9 Å². The minimum absolute atomic E-state index is 0.162. The van der Waals surface area contributed by atoms with Crippen LogP contribution in [0.2, 0.25) is 0 Å². The summed E-state index contributed by atoms with van der Waals surface area (Å²) in [5.41, 5.74) is 0.461. The first-order chi connectivity index (χ1) is 9.74. The van der Waals surface area contributed by atoms with Gasteiger partial charge in [0.2, 0.25) is 5.91 Å². The topological polar surface area (TPSA) is 51.2 Å². The number of carbonyl (C=O) groups excluding carboxylic acids is 1. The van der Waals surface area contributed by atoms with Crippen LogP contribution >= 0.6 is 0 Å². The van der Waals surface area contributed by atoms with Gasteiger partial charge in [0.1, 0.15) is 11.6 Å². The van der Waals surface area contributed by atoms with Crippen molar-refractivity contribution in [3.05, 3.63) is 54.6 Å². The van der Waals surface area contributed by atoms with E-state index in [4.69, 9.17) is 4.74 Å². The molecule has 2 rings (SSSR count). The van der Waals surface area contributed by atoms with Gasteiger partial charge in [0, 0.05) is 18.3 Å². The number of benzene rings is 1. The SMILES string of the molecule is O=C(CCCOc1cccnc1)Nc1cccc(F)c1. The Morgan fingerprint density at radius 2 is 2.20 bits per heavy atom. The Hall–Kier alpha value is -2.43. The molecule has 4 nitrogen and oxygen atoms in total. The van der Waals surface area contributed by atoms with Crippen LogP contribution in [-0.2, 0) is 4.79 Å². The summed E-state index contributed by atoms with van der Waals surface area (Å²) >= 11 is 0. The number of rotatable bonds is 6. The third-order valence-electron chi connectivity index (χ3n) is 2.56. The number of aromatic nitrogens is 1. The molecular formula is C15H15FN2O2. The quantitative estimate of drug-likeness (QED) is 0.824. The van der Waals surface area contributed by atoms with Crippen LogP contribution in [0.1, 0.15) is 12.8 Å². The summed E-state index contributed by atoms with van der Waals surface area (Å²) in [6, 6.07) is 9.40. The van der Waals surface area contributed by atoms with Crippen LogP contribution < -0.4 is 10.1 Å². The summed E-state index contributed by atoms with van der Waals surface area (Å²) in [6.45, 7) is 0.433. The van der Waals surface area contributed by atoms with Crippen molar-refractivity contribution in [1.29, 1.82) is 0 Å². The van der Waals surface area contributed by atoms with Crippen LogP contribution in [0.15, 0.2) is 48.8 Å². The Morgan fingerprint density at radius 3 is 2.95 bits per heavy atom. The molecule has 0 bridgehead atoms. The molecule has 0 atom stereocenters. The van der Waals surface area contributed by atoms with Gasteiger partial charge in [0.15, 0.2) is 0 Å². The summed E-state index contributed by atoms with van der Waals surface area (Å²) in [7, 11) is 0. The highest BCUT2D eigenvalue weighted by Gasteiger charge is 2.03. The summed E-state index contributed by atoms with van der Waals surface area (Å²) < 4.78 is 18.4. The zero-order chi connectivity index (χ0) is 14.2. The lowest BCUT2D eigenvalue weighted by molar-refractivity contribution is -0.116. The summed E-state index contributed by atoms with van der Waals surface area (Å²) in [6.07, 6.45) is 4.18. The van der Waals surface area contributed by atoms with Gasteiger partial charge in [-0.2, -0.15) is 0 Å². The third-order valence-corrected chi connectivity index (χ3v) is 2.56. The van der Waals surface area contributed by atoms with Crippen LogP contribution in [-0.4, -0.2) is 17.5 Å². The largest absolute Gasteiger partial charge is 0.492 e. The maximum Gasteiger partial charge on any atom is 0.224 e. The van der Waals surface area contributed by atoms with Crippen LogP contribution in [0.25, 0.3) is 0 Å². The molecule has 0 aliphatic rings. The smallest absolute Gasteiger partial charge is 0.224 e. The van der Waals surface area contributed by atoms with Gasteiger partial charge in [-0.05, 0) is 36.8 Å². The average Bonchev–Trinajstić information content (AvgIpc) is 2.45. The molecule has 1 aromatic heterocycles. The molecule has 0 spiro atoms. The molecule has 1 N–H and O–H groups in total. The number of nitrogens with zero attached hydrogens (tertiary/aromatic N) is 1. The normalized spacial score (nSPS) is 10.1. The number of hydrogen-bond donors (Lipinski definition) is 1. The zero-order valence-electron chi connectivity index (χ0n) is 10.9. The van der Waals surface area contributed by atoms with Gasteiger partial charge in [0.05, 0.1) is 12.8 Å². The van der Waals surface area contributed by atoms with Crippen molar-refractivity contribution >= 4 is 11.6 Å². The number of amides is 1. The second kappa shape index (κ2) is 7.23. The van der Waals surface area contributed by atoms with E-state index in [1.54, 1.807) is 36.7 Å². The predicted octanol–water partition coefficient (Wildman–Crippen LogP) is 3.02. The minimum atomic E-state index is -0.372. The van der Waals surface area contributed by atoms with E-state index >= 15 is 0 Å². The Labute approximate surface area is 116 Å². The fourth-order valence-electron chi connectivity index (χ4n) is 1.64. The number of anilines is 1. The highest BCUT2D eigenvalue weighted by atomic mass is 19.1. The van der Waals surface area contributed by atoms with E-state index in [1.165, 1.54) is 12.1 Å². The highest BCUT2D eigenvalue weighted by molar-refractivity contribution is 5.90. The van der Waals surface area contributed by atoms with Gasteiger partial charge in [-0.3, -0.25) is 9.78 Å². The molecule has 2 aromatic rings. The van der Waals surface area contributed by atoms with Crippen molar-refractivity contribution in [2.24, 2.45) is 0 Å². The van der Waals surface area contributed by atoms with E-state index in [1.807, 2.05) is 0 Å². The fourth-order valence-corrected chi connectivity index (χ4v) is 1.64. The van der Waals surface area contributed by atoms with Crippen LogP contribution in [0.3, 0.4) is 0 Å². The molecule has 0 radical (unpaired) electrons. The standard InChI is InChI=1S/C15H15FN2O2/c16-12-4-1-5-13(10-12)18-15(19)7-3-9-20-14-6-2-8-17-11-14/h1-2,4-6,8,10-11H,3,7,9H2,(H,18,19). The van der Waals surface area contributed by atoms with E-state index in [0.717, 1.165) is 0 Å². The Morgan fingerprint density at radius 1 is 1.30 bits per heavy atom. The summed E-state index contributed by atoms with van der Waals surface area (Å²) in [5, 5.41) is 2.63. The van der Waals surface area contributed by atoms with Gasteiger partial charge in [-0.1, -0.05) is 6.07 Å². The molecule has 1 heterocycles. The van der Waals surface area contributed by atoms with Crippen molar-refractivity contribution in [3.8, 4) is 5.75 Å². The first kappa shape index (κ1) is 14.0. The van der Waals surface area contributed by atoms with Crippen LogP contribution in [0.4, 0.5) is 10.1 Å². The molecule has 0 saturated carbocycles. The number of ether oxygens (including phenoxy) is 1. The summed E-state index contributed by atoms with van der Waals surface area (Å²) in [5.74, 6) is 0.145. The van der Waals surface area contributed by atoms with Crippen molar-refractivity contribution in [2.75, 3.05) is 11.9 Å². The lowest BCUT2D eigenvalue weighted by Crippen LogP contribution is -2.12. The average molecular weight is 274 g/mol. The molecule has 0 aliphatic carbocycles. The molecular weight excluding hydrogens is 259 g/mol. The Kier molecular flexibility index (Phi) is 5.06. The summed E-state index contributed by atoms with van der Waals surface area (Å²) in [4.78, 5) is 15.6. The molecule has 104 valence electrons. The van der Waals surface area contributed by atoms with Crippen LogP contribution in [0.5, 0.6) is 5.75 Å². The van der Waals surface area contributed by atoms with Gasteiger partial charge in [-0.25, -0.2) is 4.39 Å². The second-order valence-electron chi connectivity index (χ2n) is 4.20. The van der Waals surface area contributed by atoms with Gasteiger partial charge in [0.25, 0.3) is 0 Å². The van der Waals surface area contributed by atoms with Gasteiger partial charge in [-0.15, -0.1) is 0 Å². The number of pyridine rings is 1. The fraction of sp³-hybridized carbons (Fsp3) is 0.200. The number of halogens is 1. The lowest BCUT2D eigenvalue weighted by atomic mass is 10.2. The Bertz CT molecular complexity index is 561. The van der Waals surface area contributed by atoms with Crippen molar-refractivity contribution in [2.45, 2.75) is 12.8 Å². The minimum Gasteiger partial charge on any atom is -0.492 e. The molecule has 0 saturated heterocycles. The molecule has 1 amide bonds. The van der Waals surface area contributed by atoms with E-state index < -0.39 is 0 Å². The molecule has 20 heavy (non-hydrogen) atoms. The van der Waals surface area contributed by atoms with E-state index in [2.05, 4.69) is 10.3 Å². The van der Waals surface area contributed by atoms with Crippen molar-refractivity contribution in [1.82, 2.24) is 4.98 Å². The monoisotopic (exact) mass is 274 g/mol. The molecule has 0 unspecified atom stereocenters. The zero-order valence-corrected chi connectivity index (χ0v) is 10.9. The number of nitrogens with one attached hydrogen (secondary N) is 1. The molecule has 5 heteroatoms. The third kappa shape index (κ3) is 4.68. The maximum absolute atomic E-state index is 12.9. The van der Waals surface area contributed by atoms with Gasteiger partial charge < -0.3 is 10.1 Å². The Balaban J connectivity index is 1.68. The number of hydrogen-bond acceptors (Lipinski definition) is 3. The van der Waals surface area contributed by atoms with E-state index in [-0.39, 0.29) is 11.7 Å². The predicted molar refractivity (Wildman–Crippen MR) is 74.0 cm³/mol. The van der Waals surface area contributed by atoms with Gasteiger partial charge >= 0.3 is 0 Å². The van der Waals surface area contributed by atoms with E-state index in [9.17, 15) is 9.18 Å². The van der Waals surface area contributed by atoms with E-state index in [0.29, 0.717) is 30.9 Å². The first-order valence-electron chi connectivity index (χ1n) is 6.32. The maximum atomic E-state index is 12.9. The first-order valence-corrected chi connectivity index (χ1v) is 6.32. The highest BCUT2D eigenvalue weighted by Crippen LogP contribution is 2.10. The lowest BCUT2D eigenvalue weighted by Gasteiger charge is -2.06.